The third-order valence-electron chi connectivity index (χ3n) is 4.54. The van der Waals surface area contributed by atoms with E-state index in [-0.39, 0.29) is 17.6 Å². The van der Waals surface area contributed by atoms with Crippen molar-refractivity contribution in [2.75, 3.05) is 10.7 Å². The van der Waals surface area contributed by atoms with Crippen LogP contribution >= 0.6 is 15.9 Å². The van der Waals surface area contributed by atoms with Crippen LogP contribution in [0, 0.1) is 5.92 Å². The number of hydrogen-bond donors (Lipinski definition) is 0. The maximum Gasteiger partial charge on any atom is 0.230 e. The Labute approximate surface area is 145 Å². The summed E-state index contributed by atoms with van der Waals surface area (Å²) in [6.45, 7) is 0. The molecule has 1 atom stereocenters. The summed E-state index contributed by atoms with van der Waals surface area (Å²) in [5.74, 6) is 0.0320. The fourth-order valence-corrected chi connectivity index (χ4v) is 4.88. The number of carbonyl (C=O) groups is 1. The molecule has 0 saturated heterocycles. The first-order chi connectivity index (χ1) is 11.0. The van der Waals surface area contributed by atoms with Gasteiger partial charge in [-0.2, -0.15) is 0 Å². The molecule has 1 aromatic carbocycles. The van der Waals surface area contributed by atoms with Gasteiger partial charge in [-0.3, -0.25) is 4.79 Å². The summed E-state index contributed by atoms with van der Waals surface area (Å²) in [5, 5.41) is 1.23. The number of sulfone groups is 1. The van der Waals surface area contributed by atoms with Gasteiger partial charge >= 0.3 is 0 Å². The van der Waals surface area contributed by atoms with Crippen molar-refractivity contribution >= 4 is 37.4 Å². The zero-order valence-electron chi connectivity index (χ0n) is 12.8. The second-order valence-electron chi connectivity index (χ2n) is 6.24. The summed E-state index contributed by atoms with van der Waals surface area (Å²) in [5.41, 5.74) is 0.760. The standard InChI is InChI=1S/C17H20BrNO3S/c18-14-6-8-15(9-7-14)19(16-10-11-23(21,22)12-16)17(20)13-4-2-1-3-5-13/h6-11,13,16H,1-5,12H2/t16-/m0/s1. The molecule has 1 aromatic rings. The maximum absolute atomic E-state index is 13.1. The SMILES string of the molecule is O=C(C1CCCCC1)N(c1ccc(Br)cc1)[C@H]1C=CS(=O)(=O)C1. The molecule has 2 aliphatic rings. The summed E-state index contributed by atoms with van der Waals surface area (Å²) >= 11 is 3.40. The molecule has 1 amide bonds. The number of rotatable bonds is 3. The molecule has 0 spiro atoms. The topological polar surface area (TPSA) is 54.5 Å². The Morgan fingerprint density at radius 1 is 1.09 bits per heavy atom. The van der Waals surface area contributed by atoms with Crippen LogP contribution in [0.15, 0.2) is 40.2 Å². The Morgan fingerprint density at radius 3 is 2.30 bits per heavy atom. The van der Waals surface area contributed by atoms with Crippen molar-refractivity contribution in [3.05, 3.63) is 40.2 Å². The Balaban J connectivity index is 1.91. The highest BCUT2D eigenvalue weighted by Gasteiger charge is 2.35. The Kier molecular flexibility index (Phi) is 4.92. The van der Waals surface area contributed by atoms with Gasteiger partial charge in [0.1, 0.15) is 0 Å². The van der Waals surface area contributed by atoms with Gasteiger partial charge in [-0.25, -0.2) is 8.42 Å². The number of hydrogen-bond acceptors (Lipinski definition) is 3. The Bertz CT molecular complexity index is 706. The third kappa shape index (κ3) is 3.86. The fourth-order valence-electron chi connectivity index (χ4n) is 3.35. The molecule has 0 aromatic heterocycles. The van der Waals surface area contributed by atoms with Crippen LogP contribution in [0.4, 0.5) is 5.69 Å². The summed E-state index contributed by atoms with van der Waals surface area (Å²) in [6, 6.07) is 7.08. The second-order valence-corrected chi connectivity index (χ2v) is 9.09. The minimum absolute atomic E-state index is 0.00380. The molecule has 23 heavy (non-hydrogen) atoms. The minimum Gasteiger partial charge on any atom is -0.304 e. The normalized spacial score (nSPS) is 23.8. The first-order valence-electron chi connectivity index (χ1n) is 7.96. The van der Waals surface area contributed by atoms with Crippen molar-refractivity contribution in [3.8, 4) is 0 Å². The Hall–Kier alpha value is -1.14. The first-order valence-corrected chi connectivity index (χ1v) is 10.5. The number of halogens is 1. The summed E-state index contributed by atoms with van der Waals surface area (Å²) in [7, 11) is -3.20. The van der Waals surface area contributed by atoms with Gasteiger partial charge in [-0.15, -0.1) is 0 Å². The highest BCUT2D eigenvalue weighted by atomic mass is 79.9. The van der Waals surface area contributed by atoms with E-state index in [1.807, 2.05) is 24.3 Å². The lowest BCUT2D eigenvalue weighted by atomic mass is 9.88. The van der Waals surface area contributed by atoms with Crippen molar-refractivity contribution in [2.24, 2.45) is 5.92 Å². The number of amides is 1. The molecule has 0 bridgehead atoms. The zero-order valence-corrected chi connectivity index (χ0v) is 15.2. The van der Waals surface area contributed by atoms with Crippen LogP contribution in [0.1, 0.15) is 32.1 Å². The van der Waals surface area contributed by atoms with E-state index in [9.17, 15) is 13.2 Å². The molecule has 3 rings (SSSR count). The van der Waals surface area contributed by atoms with Crippen LogP contribution in [0.5, 0.6) is 0 Å². The van der Waals surface area contributed by atoms with Crippen molar-refractivity contribution < 1.29 is 13.2 Å². The lowest BCUT2D eigenvalue weighted by molar-refractivity contribution is -0.123. The van der Waals surface area contributed by atoms with Crippen molar-refractivity contribution in [2.45, 2.75) is 38.1 Å². The summed E-state index contributed by atoms with van der Waals surface area (Å²) < 4.78 is 24.5. The molecule has 1 aliphatic carbocycles. The number of anilines is 1. The van der Waals surface area contributed by atoms with Crippen molar-refractivity contribution in [1.29, 1.82) is 0 Å². The zero-order chi connectivity index (χ0) is 16.4. The smallest absolute Gasteiger partial charge is 0.230 e. The number of carbonyl (C=O) groups excluding carboxylic acids is 1. The van der Waals surface area contributed by atoms with E-state index >= 15 is 0 Å². The average molecular weight is 398 g/mol. The van der Waals surface area contributed by atoms with Crippen molar-refractivity contribution in [1.82, 2.24) is 0 Å². The third-order valence-corrected chi connectivity index (χ3v) is 6.45. The minimum atomic E-state index is -3.20. The van der Waals surface area contributed by atoms with Crippen LogP contribution in [-0.4, -0.2) is 26.1 Å². The van der Waals surface area contributed by atoms with Gasteiger partial charge in [0.25, 0.3) is 0 Å². The van der Waals surface area contributed by atoms with Crippen LogP contribution in [0.2, 0.25) is 0 Å². The molecule has 1 aliphatic heterocycles. The molecular formula is C17H20BrNO3S. The van der Waals surface area contributed by atoms with Crippen LogP contribution < -0.4 is 4.90 Å². The van der Waals surface area contributed by atoms with Gasteiger partial charge in [-0.1, -0.05) is 35.2 Å². The lowest BCUT2D eigenvalue weighted by Crippen LogP contribution is -2.44. The number of nitrogens with zero attached hydrogens (tertiary/aromatic N) is 1. The van der Waals surface area contributed by atoms with Crippen LogP contribution in [0.3, 0.4) is 0 Å². The largest absolute Gasteiger partial charge is 0.304 e. The summed E-state index contributed by atoms with van der Waals surface area (Å²) in [6.07, 6.45) is 6.76. The van der Waals surface area contributed by atoms with Gasteiger partial charge in [0.15, 0.2) is 9.84 Å². The van der Waals surface area contributed by atoms with Crippen molar-refractivity contribution in [3.63, 3.8) is 0 Å². The molecule has 1 heterocycles. The van der Waals surface area contributed by atoms with Gasteiger partial charge in [0, 0.05) is 21.5 Å². The van der Waals surface area contributed by atoms with E-state index in [4.69, 9.17) is 0 Å². The highest BCUT2D eigenvalue weighted by molar-refractivity contribution is 9.10. The quantitative estimate of drug-likeness (QED) is 0.781. The van der Waals surface area contributed by atoms with Gasteiger partial charge < -0.3 is 4.90 Å². The Morgan fingerprint density at radius 2 is 1.74 bits per heavy atom. The molecule has 124 valence electrons. The predicted molar refractivity (Wildman–Crippen MR) is 94.9 cm³/mol. The van der Waals surface area contributed by atoms with E-state index in [1.54, 1.807) is 11.0 Å². The van der Waals surface area contributed by atoms with Gasteiger partial charge in [0.2, 0.25) is 5.91 Å². The van der Waals surface area contributed by atoms with E-state index < -0.39 is 15.9 Å². The van der Waals surface area contributed by atoms with E-state index in [2.05, 4.69) is 15.9 Å². The predicted octanol–water partition coefficient (Wildman–Crippen LogP) is 3.67. The summed E-state index contributed by atoms with van der Waals surface area (Å²) in [4.78, 5) is 14.8. The van der Waals surface area contributed by atoms with Gasteiger partial charge in [0.05, 0.1) is 11.8 Å². The number of benzene rings is 1. The lowest BCUT2D eigenvalue weighted by Gasteiger charge is -2.32. The second kappa shape index (κ2) is 6.77. The molecule has 4 nitrogen and oxygen atoms in total. The molecule has 1 fully saturated rings. The first kappa shape index (κ1) is 16.7. The van der Waals surface area contributed by atoms with Gasteiger partial charge in [-0.05, 0) is 43.2 Å². The molecular weight excluding hydrogens is 378 g/mol. The van der Waals surface area contributed by atoms with E-state index in [0.717, 1.165) is 35.8 Å². The fraction of sp³-hybridized carbons (Fsp3) is 0.471. The highest BCUT2D eigenvalue weighted by Crippen LogP contribution is 2.31. The monoisotopic (exact) mass is 397 g/mol. The molecule has 0 unspecified atom stereocenters. The van der Waals surface area contributed by atoms with Crippen LogP contribution in [-0.2, 0) is 14.6 Å². The molecule has 0 radical (unpaired) electrons. The molecule has 1 saturated carbocycles. The van der Waals surface area contributed by atoms with E-state index in [0.29, 0.717) is 0 Å². The molecule has 6 heteroatoms. The maximum atomic E-state index is 13.1. The van der Waals surface area contributed by atoms with E-state index in [1.165, 1.54) is 11.8 Å². The average Bonchev–Trinajstić information content (AvgIpc) is 2.90. The van der Waals surface area contributed by atoms with Crippen LogP contribution in [0.25, 0.3) is 0 Å². The molecule has 0 N–H and O–H groups in total.